The molecule has 3 N–H and O–H groups in total. The third-order valence-corrected chi connectivity index (χ3v) is 2.56. The summed E-state index contributed by atoms with van der Waals surface area (Å²) in [5.41, 5.74) is 2.50. The van der Waals surface area contributed by atoms with Gasteiger partial charge in [0.05, 0.1) is 0 Å². The van der Waals surface area contributed by atoms with E-state index in [0.717, 1.165) is 5.75 Å². The lowest BCUT2D eigenvalue weighted by molar-refractivity contribution is 0.211. The highest BCUT2D eigenvalue weighted by Gasteiger charge is 2.03. The van der Waals surface area contributed by atoms with Crippen LogP contribution in [0.25, 0.3) is 0 Å². The van der Waals surface area contributed by atoms with E-state index in [2.05, 4.69) is 15.4 Å². The Hall–Kier alpha value is -2.34. The van der Waals surface area contributed by atoms with Crippen LogP contribution in [0.1, 0.15) is 12.7 Å². The van der Waals surface area contributed by atoms with Gasteiger partial charge in [-0.25, -0.2) is 10.8 Å². The van der Waals surface area contributed by atoms with Crippen LogP contribution in [0.15, 0.2) is 36.4 Å². The van der Waals surface area contributed by atoms with Gasteiger partial charge in [-0.2, -0.15) is 4.98 Å². The van der Waals surface area contributed by atoms with E-state index in [-0.39, 0.29) is 0 Å². The first-order chi connectivity index (χ1) is 9.81. The Kier molecular flexibility index (Phi) is 5.14. The molecule has 1 aromatic carbocycles. The van der Waals surface area contributed by atoms with Gasteiger partial charge < -0.3 is 14.9 Å². The summed E-state index contributed by atoms with van der Waals surface area (Å²) in [7, 11) is 0. The second-order valence-electron chi connectivity index (χ2n) is 4.02. The molecule has 0 saturated heterocycles. The third kappa shape index (κ3) is 4.10. The van der Waals surface area contributed by atoms with Crippen molar-refractivity contribution in [1.29, 1.82) is 0 Å². The van der Waals surface area contributed by atoms with Crippen molar-refractivity contribution in [2.45, 2.75) is 13.3 Å². The number of aromatic nitrogens is 2. The molecule has 6 nitrogen and oxygen atoms in total. The molecule has 0 aliphatic rings. The highest BCUT2D eigenvalue weighted by atomic mass is 16.5. The summed E-state index contributed by atoms with van der Waals surface area (Å²) >= 11 is 0. The Morgan fingerprint density at radius 3 is 2.55 bits per heavy atom. The molecule has 0 radical (unpaired) electrons. The van der Waals surface area contributed by atoms with Crippen molar-refractivity contribution >= 4 is 5.82 Å². The van der Waals surface area contributed by atoms with Crippen molar-refractivity contribution in [2.24, 2.45) is 5.84 Å². The topological polar surface area (TPSA) is 82.3 Å². The van der Waals surface area contributed by atoms with E-state index in [4.69, 9.17) is 15.3 Å². The lowest BCUT2D eigenvalue weighted by Crippen LogP contribution is -2.13. The average Bonchev–Trinajstić information content (AvgIpc) is 2.52. The first-order valence-corrected chi connectivity index (χ1v) is 6.47. The van der Waals surface area contributed by atoms with E-state index < -0.39 is 0 Å². The van der Waals surface area contributed by atoms with Gasteiger partial charge in [0.25, 0.3) is 0 Å². The number of benzene rings is 1. The van der Waals surface area contributed by atoms with E-state index in [1.54, 1.807) is 6.07 Å². The molecule has 0 aliphatic heterocycles. The minimum atomic E-state index is 0.402. The van der Waals surface area contributed by atoms with Crippen LogP contribution in [-0.4, -0.2) is 23.2 Å². The Labute approximate surface area is 117 Å². The number of rotatable bonds is 7. The number of anilines is 1. The molecule has 2 rings (SSSR count). The van der Waals surface area contributed by atoms with Crippen LogP contribution in [0.5, 0.6) is 11.6 Å². The molecule has 0 saturated carbocycles. The summed E-state index contributed by atoms with van der Waals surface area (Å²) in [6.07, 6.45) is 0.715. The quantitative estimate of drug-likeness (QED) is 0.455. The SMILES string of the molecule is CCc1nc(NN)cc(OCCOc2ccccc2)n1. The van der Waals surface area contributed by atoms with Gasteiger partial charge in [0.2, 0.25) is 5.88 Å². The summed E-state index contributed by atoms with van der Waals surface area (Å²) in [6.45, 7) is 2.82. The molecule has 1 aromatic heterocycles. The van der Waals surface area contributed by atoms with E-state index in [0.29, 0.717) is 37.2 Å². The maximum Gasteiger partial charge on any atom is 0.218 e. The number of nitrogen functional groups attached to an aromatic ring is 1. The monoisotopic (exact) mass is 274 g/mol. The molecule has 0 aliphatic carbocycles. The second kappa shape index (κ2) is 7.30. The van der Waals surface area contributed by atoms with Crippen LogP contribution >= 0.6 is 0 Å². The average molecular weight is 274 g/mol. The number of hydrogen-bond donors (Lipinski definition) is 2. The fourth-order valence-electron chi connectivity index (χ4n) is 1.60. The van der Waals surface area contributed by atoms with E-state index in [1.807, 2.05) is 37.3 Å². The molecule has 1 heterocycles. The fourth-order valence-corrected chi connectivity index (χ4v) is 1.60. The number of hydrazine groups is 1. The van der Waals surface area contributed by atoms with Crippen LogP contribution in [0, 0.1) is 0 Å². The maximum atomic E-state index is 5.54. The lowest BCUT2D eigenvalue weighted by atomic mass is 10.3. The molecule has 2 aromatic rings. The summed E-state index contributed by atoms with van der Waals surface area (Å²) in [6, 6.07) is 11.2. The predicted octanol–water partition coefficient (Wildman–Crippen LogP) is 1.78. The van der Waals surface area contributed by atoms with Crippen LogP contribution in [0.3, 0.4) is 0 Å². The standard InChI is InChI=1S/C14H18N4O2/c1-2-12-16-13(18-15)10-14(17-12)20-9-8-19-11-6-4-3-5-7-11/h3-7,10H,2,8-9,15H2,1H3,(H,16,17,18). The zero-order chi connectivity index (χ0) is 14.2. The molecule has 0 atom stereocenters. The van der Waals surface area contributed by atoms with Gasteiger partial charge in [-0.05, 0) is 12.1 Å². The van der Waals surface area contributed by atoms with Gasteiger partial charge in [0.15, 0.2) is 0 Å². The number of aryl methyl sites for hydroxylation is 1. The van der Waals surface area contributed by atoms with E-state index in [9.17, 15) is 0 Å². The summed E-state index contributed by atoms with van der Waals surface area (Å²) in [4.78, 5) is 8.45. The fraction of sp³-hybridized carbons (Fsp3) is 0.286. The molecule has 20 heavy (non-hydrogen) atoms. The molecule has 0 unspecified atom stereocenters. The normalized spacial score (nSPS) is 10.1. The number of nitrogens with zero attached hydrogens (tertiary/aromatic N) is 2. The van der Waals surface area contributed by atoms with Crippen molar-refractivity contribution < 1.29 is 9.47 Å². The maximum absolute atomic E-state index is 5.54. The van der Waals surface area contributed by atoms with Crippen LogP contribution in [0.4, 0.5) is 5.82 Å². The van der Waals surface area contributed by atoms with Crippen LogP contribution < -0.4 is 20.7 Å². The van der Waals surface area contributed by atoms with Crippen molar-refractivity contribution in [3.8, 4) is 11.6 Å². The van der Waals surface area contributed by atoms with Gasteiger partial charge in [0.1, 0.15) is 30.6 Å². The highest BCUT2D eigenvalue weighted by Crippen LogP contribution is 2.13. The minimum absolute atomic E-state index is 0.402. The van der Waals surface area contributed by atoms with Crippen molar-refractivity contribution in [3.63, 3.8) is 0 Å². The van der Waals surface area contributed by atoms with Crippen LogP contribution in [-0.2, 0) is 6.42 Å². The number of para-hydroxylation sites is 1. The van der Waals surface area contributed by atoms with Gasteiger partial charge in [0, 0.05) is 12.5 Å². The molecular formula is C14H18N4O2. The number of hydrogen-bond acceptors (Lipinski definition) is 6. The predicted molar refractivity (Wildman–Crippen MR) is 76.7 cm³/mol. The number of ether oxygens (including phenoxy) is 2. The Morgan fingerprint density at radius 2 is 1.85 bits per heavy atom. The molecular weight excluding hydrogens is 256 g/mol. The van der Waals surface area contributed by atoms with Gasteiger partial charge in [-0.1, -0.05) is 25.1 Å². The molecule has 0 fully saturated rings. The van der Waals surface area contributed by atoms with Gasteiger partial charge >= 0.3 is 0 Å². The largest absolute Gasteiger partial charge is 0.490 e. The lowest BCUT2D eigenvalue weighted by Gasteiger charge is -2.09. The summed E-state index contributed by atoms with van der Waals surface area (Å²) < 4.78 is 11.1. The molecule has 106 valence electrons. The van der Waals surface area contributed by atoms with Crippen LogP contribution in [0.2, 0.25) is 0 Å². The molecule has 0 bridgehead atoms. The zero-order valence-electron chi connectivity index (χ0n) is 11.4. The molecule has 0 amide bonds. The Balaban J connectivity index is 1.84. The van der Waals surface area contributed by atoms with Crippen molar-refractivity contribution in [2.75, 3.05) is 18.6 Å². The number of nitrogens with one attached hydrogen (secondary N) is 1. The third-order valence-electron chi connectivity index (χ3n) is 2.56. The zero-order valence-corrected chi connectivity index (χ0v) is 11.4. The van der Waals surface area contributed by atoms with E-state index >= 15 is 0 Å². The second-order valence-corrected chi connectivity index (χ2v) is 4.02. The van der Waals surface area contributed by atoms with E-state index in [1.165, 1.54) is 0 Å². The summed E-state index contributed by atoms with van der Waals surface area (Å²) in [5.74, 6) is 7.87. The number of nitrogens with two attached hydrogens (primary N) is 1. The first kappa shape index (κ1) is 14.1. The van der Waals surface area contributed by atoms with Crippen molar-refractivity contribution in [3.05, 3.63) is 42.2 Å². The minimum Gasteiger partial charge on any atom is -0.490 e. The highest BCUT2D eigenvalue weighted by molar-refractivity contribution is 5.36. The molecule has 6 heteroatoms. The van der Waals surface area contributed by atoms with Gasteiger partial charge in [-0.15, -0.1) is 0 Å². The smallest absolute Gasteiger partial charge is 0.218 e. The Bertz CT molecular complexity index is 512. The van der Waals surface area contributed by atoms with Gasteiger partial charge in [-0.3, -0.25) is 0 Å². The molecule has 0 spiro atoms. The Morgan fingerprint density at radius 1 is 1.10 bits per heavy atom. The van der Waals surface area contributed by atoms with Crippen molar-refractivity contribution in [1.82, 2.24) is 9.97 Å². The summed E-state index contributed by atoms with van der Waals surface area (Å²) in [5, 5.41) is 0. The first-order valence-electron chi connectivity index (χ1n) is 6.47.